The van der Waals surface area contributed by atoms with Gasteiger partial charge in [-0.15, -0.1) is 0 Å². The summed E-state index contributed by atoms with van der Waals surface area (Å²) in [5.41, 5.74) is 5.35. The molecule has 0 aromatic heterocycles. The number of fused-ring (bicyclic) bond motifs is 10. The summed E-state index contributed by atoms with van der Waals surface area (Å²) >= 11 is 0. The van der Waals surface area contributed by atoms with Gasteiger partial charge in [-0.3, -0.25) is 9.59 Å². The highest BCUT2D eigenvalue weighted by Gasteiger charge is 2.55. The van der Waals surface area contributed by atoms with Crippen molar-refractivity contribution in [3.63, 3.8) is 0 Å². The second kappa shape index (κ2) is 10.9. The van der Waals surface area contributed by atoms with E-state index in [0.29, 0.717) is 47.0 Å². The van der Waals surface area contributed by atoms with E-state index in [1.54, 1.807) is 0 Å². The number of benzene rings is 2. The molecule has 6 nitrogen and oxygen atoms in total. The molecule has 0 radical (unpaired) electrons. The maximum Gasteiger partial charge on any atom is 0.322 e. The number of rotatable bonds is 4. The average molecular weight is 613 g/mol. The lowest BCUT2D eigenvalue weighted by molar-refractivity contribution is -0.144. The summed E-state index contributed by atoms with van der Waals surface area (Å²) in [6.07, 6.45) is 11.8. The summed E-state index contributed by atoms with van der Waals surface area (Å²) in [4.78, 5) is 25.5. The maximum atomic E-state index is 12.8. The normalized spacial score (nSPS) is 39.4. The van der Waals surface area contributed by atoms with E-state index in [9.17, 15) is 19.8 Å². The number of ether oxygens (including phenoxy) is 2. The smallest absolute Gasteiger partial charge is 0.322 e. The molecule has 45 heavy (non-hydrogen) atoms. The Morgan fingerprint density at radius 1 is 0.667 bits per heavy atom. The lowest BCUT2D eigenvalue weighted by Crippen LogP contribution is -2.43. The van der Waals surface area contributed by atoms with Gasteiger partial charge in [-0.05, 0) is 170 Å². The Kier molecular flexibility index (Phi) is 7.22. The minimum atomic E-state index is -0.605. The van der Waals surface area contributed by atoms with E-state index in [1.165, 1.54) is 22.3 Å². The molecule has 2 aromatic rings. The van der Waals surface area contributed by atoms with E-state index in [2.05, 4.69) is 26.0 Å². The predicted octanol–water partition coefficient (Wildman–Crippen LogP) is 7.02. The van der Waals surface area contributed by atoms with Crippen LogP contribution >= 0.6 is 0 Å². The number of aliphatic hydroxyl groups is 2. The number of esters is 2. The molecule has 0 aliphatic heterocycles. The largest absolute Gasteiger partial charge is 0.426 e. The van der Waals surface area contributed by atoms with E-state index >= 15 is 0 Å². The second-order valence-electron chi connectivity index (χ2n) is 16.0. The molecular weight excluding hydrogens is 564 g/mol. The predicted molar refractivity (Wildman–Crippen MR) is 170 cm³/mol. The van der Waals surface area contributed by atoms with Crippen molar-refractivity contribution in [1.82, 2.24) is 0 Å². The van der Waals surface area contributed by atoms with Crippen LogP contribution in [-0.4, -0.2) is 34.4 Å². The van der Waals surface area contributed by atoms with Gasteiger partial charge in [0.1, 0.15) is 17.9 Å². The first kappa shape index (κ1) is 29.7. The molecule has 2 aromatic carbocycles. The summed E-state index contributed by atoms with van der Waals surface area (Å²) in [5.74, 6) is 3.18. The van der Waals surface area contributed by atoms with Crippen LogP contribution in [0.3, 0.4) is 0 Å². The van der Waals surface area contributed by atoms with Crippen molar-refractivity contribution in [2.45, 2.75) is 121 Å². The Hall–Kier alpha value is -2.70. The van der Waals surface area contributed by atoms with Crippen LogP contribution in [0.1, 0.15) is 119 Å². The molecule has 240 valence electrons. The Balaban J connectivity index is 0.881. The van der Waals surface area contributed by atoms with Gasteiger partial charge in [0.05, 0.1) is 12.2 Å². The van der Waals surface area contributed by atoms with E-state index < -0.39 is 18.4 Å². The molecule has 6 aliphatic carbocycles. The molecular formula is C39H48O6. The molecule has 10 atom stereocenters. The van der Waals surface area contributed by atoms with Crippen molar-refractivity contribution < 1.29 is 29.3 Å². The third kappa shape index (κ3) is 4.80. The van der Waals surface area contributed by atoms with Crippen LogP contribution in [0.4, 0.5) is 0 Å². The van der Waals surface area contributed by atoms with Crippen LogP contribution in [0.2, 0.25) is 0 Å². The highest BCUT2D eigenvalue weighted by atomic mass is 16.6. The van der Waals surface area contributed by atoms with Crippen LogP contribution < -0.4 is 9.47 Å². The van der Waals surface area contributed by atoms with Gasteiger partial charge in [0.15, 0.2) is 0 Å². The topological polar surface area (TPSA) is 93.1 Å². The van der Waals surface area contributed by atoms with Crippen LogP contribution in [0.15, 0.2) is 36.4 Å². The Labute approximate surface area is 266 Å². The molecule has 8 rings (SSSR count). The van der Waals surface area contributed by atoms with Crippen molar-refractivity contribution in [2.75, 3.05) is 0 Å². The van der Waals surface area contributed by atoms with Gasteiger partial charge in [0.25, 0.3) is 0 Å². The highest BCUT2D eigenvalue weighted by molar-refractivity contribution is 5.93. The van der Waals surface area contributed by atoms with Crippen molar-refractivity contribution in [1.29, 1.82) is 0 Å². The van der Waals surface area contributed by atoms with Gasteiger partial charge < -0.3 is 19.7 Å². The van der Waals surface area contributed by atoms with E-state index in [0.717, 1.165) is 77.0 Å². The fraction of sp³-hybridized carbons (Fsp3) is 0.641. The van der Waals surface area contributed by atoms with E-state index in [4.69, 9.17) is 9.47 Å². The quantitative estimate of drug-likeness (QED) is 0.219. The molecule has 2 N–H and O–H groups in total. The monoisotopic (exact) mass is 612 g/mol. The molecule has 0 amide bonds. The fourth-order valence-corrected chi connectivity index (χ4v) is 11.6. The van der Waals surface area contributed by atoms with Crippen LogP contribution in [0.25, 0.3) is 0 Å². The van der Waals surface area contributed by atoms with Gasteiger partial charge in [0.2, 0.25) is 0 Å². The van der Waals surface area contributed by atoms with Gasteiger partial charge in [-0.25, -0.2) is 0 Å². The molecule has 6 heteroatoms. The zero-order valence-electron chi connectivity index (χ0n) is 26.8. The number of hydrogen-bond acceptors (Lipinski definition) is 6. The Morgan fingerprint density at radius 3 is 1.56 bits per heavy atom. The first-order chi connectivity index (χ1) is 21.6. The van der Waals surface area contributed by atoms with Gasteiger partial charge in [-0.2, -0.15) is 0 Å². The summed E-state index contributed by atoms with van der Waals surface area (Å²) in [6.45, 7) is 4.59. The first-order valence-corrected chi connectivity index (χ1v) is 17.7. The average Bonchev–Trinajstić information content (AvgIpc) is 3.50. The summed E-state index contributed by atoms with van der Waals surface area (Å²) in [5, 5.41) is 21.3. The molecule has 0 spiro atoms. The zero-order chi connectivity index (χ0) is 31.1. The van der Waals surface area contributed by atoms with E-state index in [1.807, 2.05) is 24.3 Å². The minimum Gasteiger partial charge on any atom is -0.426 e. The highest BCUT2D eigenvalue weighted by Crippen LogP contribution is 2.62. The number of carbonyl (C=O) groups is 2. The fourth-order valence-electron chi connectivity index (χ4n) is 11.6. The van der Waals surface area contributed by atoms with Gasteiger partial charge >= 0.3 is 11.9 Å². The number of hydrogen-bond donors (Lipinski definition) is 2. The van der Waals surface area contributed by atoms with Crippen LogP contribution in [0.5, 0.6) is 11.5 Å². The van der Waals surface area contributed by atoms with Crippen molar-refractivity contribution in [3.05, 3.63) is 58.7 Å². The summed E-state index contributed by atoms with van der Waals surface area (Å²) in [7, 11) is 0. The lowest BCUT2D eigenvalue weighted by Gasteiger charge is -2.50. The van der Waals surface area contributed by atoms with Crippen molar-refractivity contribution in [2.24, 2.45) is 34.5 Å². The van der Waals surface area contributed by atoms with Gasteiger partial charge in [-0.1, -0.05) is 26.0 Å². The molecule has 4 fully saturated rings. The van der Waals surface area contributed by atoms with Gasteiger partial charge in [0, 0.05) is 0 Å². The Bertz CT molecular complexity index is 1400. The number of carbonyl (C=O) groups excluding carboxylic acids is 2. The zero-order valence-corrected chi connectivity index (χ0v) is 26.8. The van der Waals surface area contributed by atoms with Crippen molar-refractivity contribution >= 4 is 11.9 Å². The molecule has 4 saturated carbocycles. The SMILES string of the molecule is C[C@]12CCC3c4ccc(OC(=O)CC(=O)Oc5ccc6c(c5)CCC5C6CC[C@@]6(C)C5CC[C@@H]6O)cc4CCC3C1CC[C@@H]2O. The third-order valence-electron chi connectivity index (χ3n) is 14.0. The lowest BCUT2D eigenvalue weighted by atomic mass is 9.55. The summed E-state index contributed by atoms with van der Waals surface area (Å²) in [6, 6.07) is 12.0. The molecule has 6 unspecified atom stereocenters. The van der Waals surface area contributed by atoms with Crippen LogP contribution in [0, 0.1) is 34.5 Å². The summed E-state index contributed by atoms with van der Waals surface area (Å²) < 4.78 is 11.3. The molecule has 0 saturated heterocycles. The maximum absolute atomic E-state index is 12.8. The molecule has 6 aliphatic rings. The molecule has 0 heterocycles. The minimum absolute atomic E-state index is 0.0589. The molecule has 0 bridgehead atoms. The standard InChI is InChI=1S/C39H48O6/c1-38-17-15-28-26-9-5-24(19-22(26)3-7-30(28)32(38)11-13-34(38)40)44-36(42)21-37(43)45-25-6-10-27-23(20-25)4-8-31-29(27)16-18-39(2)33(31)12-14-35(39)41/h5-6,9-10,19-20,28-35,40-41H,3-4,7-8,11-18,21H2,1-2H3/t28?,29?,30?,31?,32?,33?,34-,35-,38-,39-/m0/s1. The van der Waals surface area contributed by atoms with Crippen LogP contribution in [-0.2, 0) is 22.4 Å². The second-order valence-corrected chi connectivity index (χ2v) is 16.0. The first-order valence-electron chi connectivity index (χ1n) is 17.7. The Morgan fingerprint density at radius 2 is 1.11 bits per heavy atom. The third-order valence-corrected chi connectivity index (χ3v) is 14.0. The number of aryl methyl sites for hydroxylation is 2. The van der Waals surface area contributed by atoms with E-state index in [-0.39, 0.29) is 23.0 Å². The van der Waals surface area contributed by atoms with Crippen molar-refractivity contribution in [3.8, 4) is 11.5 Å². The number of aliphatic hydroxyl groups excluding tert-OH is 2.